The van der Waals surface area contributed by atoms with Crippen LogP contribution in [0.5, 0.6) is 11.5 Å². The van der Waals surface area contributed by atoms with Gasteiger partial charge < -0.3 is 9.47 Å². The van der Waals surface area contributed by atoms with Crippen molar-refractivity contribution in [1.82, 2.24) is 0 Å². The predicted molar refractivity (Wildman–Crippen MR) is 109 cm³/mol. The highest BCUT2D eigenvalue weighted by atomic mass is 16.5. The summed E-state index contributed by atoms with van der Waals surface area (Å²) in [7, 11) is 0. The first-order valence-corrected chi connectivity index (χ1v) is 9.12. The van der Waals surface area contributed by atoms with E-state index < -0.39 is 11.9 Å². The van der Waals surface area contributed by atoms with Crippen molar-refractivity contribution in [3.05, 3.63) is 95.1 Å². The highest BCUT2D eigenvalue weighted by molar-refractivity contribution is 6.06. The van der Waals surface area contributed by atoms with Gasteiger partial charge in [0.2, 0.25) is 0 Å². The van der Waals surface area contributed by atoms with E-state index in [1.165, 1.54) is 38.1 Å². The third-order valence-corrected chi connectivity index (χ3v) is 4.30. The quantitative estimate of drug-likeness (QED) is 0.342. The lowest BCUT2D eigenvalue weighted by Crippen LogP contribution is -2.18. The maximum Gasteiger partial charge on any atom is 0.344 e. The van der Waals surface area contributed by atoms with E-state index in [0.717, 1.165) is 0 Å². The second-order valence-electron chi connectivity index (χ2n) is 6.43. The molecule has 0 amide bonds. The van der Waals surface area contributed by atoms with Crippen molar-refractivity contribution in [2.45, 2.75) is 13.8 Å². The Morgan fingerprint density at radius 1 is 0.500 bits per heavy atom. The summed E-state index contributed by atoms with van der Waals surface area (Å²) in [6.45, 7) is 2.73. The zero-order chi connectivity index (χ0) is 21.7. The van der Waals surface area contributed by atoms with Crippen LogP contribution in [0.3, 0.4) is 0 Å². The molecule has 3 rings (SSSR count). The zero-order valence-electron chi connectivity index (χ0n) is 16.4. The molecule has 0 aliphatic carbocycles. The molecule has 0 atom stereocenters. The van der Waals surface area contributed by atoms with Crippen LogP contribution in [0.2, 0.25) is 0 Å². The summed E-state index contributed by atoms with van der Waals surface area (Å²) in [6.07, 6.45) is 0. The molecular formula is C24H18O6. The molecule has 150 valence electrons. The minimum atomic E-state index is -0.809. The number of carbonyl (C=O) groups is 4. The van der Waals surface area contributed by atoms with Crippen molar-refractivity contribution in [2.75, 3.05) is 0 Å². The van der Waals surface area contributed by atoms with Gasteiger partial charge in [0.15, 0.2) is 11.6 Å². The Morgan fingerprint density at radius 3 is 1.13 bits per heavy atom. The number of para-hydroxylation sites is 2. The van der Waals surface area contributed by atoms with Gasteiger partial charge in [0, 0.05) is 0 Å². The largest absolute Gasteiger partial charge is 0.422 e. The monoisotopic (exact) mass is 402 g/mol. The van der Waals surface area contributed by atoms with Crippen molar-refractivity contribution < 1.29 is 28.7 Å². The average molecular weight is 402 g/mol. The Hall–Kier alpha value is -4.06. The van der Waals surface area contributed by atoms with E-state index in [2.05, 4.69) is 0 Å². The van der Waals surface area contributed by atoms with Crippen molar-refractivity contribution in [3.63, 3.8) is 0 Å². The summed E-state index contributed by atoms with van der Waals surface area (Å²) in [5, 5.41) is 0. The Labute approximate surface area is 173 Å². The van der Waals surface area contributed by atoms with Gasteiger partial charge in [0.05, 0.1) is 22.3 Å². The Balaban J connectivity index is 1.90. The van der Waals surface area contributed by atoms with E-state index in [4.69, 9.17) is 9.47 Å². The molecule has 0 saturated carbocycles. The minimum Gasteiger partial charge on any atom is -0.422 e. The lowest BCUT2D eigenvalue weighted by atomic mass is 10.1. The molecule has 0 aliphatic rings. The van der Waals surface area contributed by atoms with Gasteiger partial charge in [-0.1, -0.05) is 36.4 Å². The number of hydrogen-bond donors (Lipinski definition) is 0. The third-order valence-electron chi connectivity index (χ3n) is 4.30. The first kappa shape index (κ1) is 20.7. The fraction of sp³-hybridized carbons (Fsp3) is 0.0833. The van der Waals surface area contributed by atoms with Gasteiger partial charge >= 0.3 is 11.9 Å². The molecule has 0 bridgehead atoms. The van der Waals surface area contributed by atoms with Crippen LogP contribution in [0.25, 0.3) is 0 Å². The molecule has 0 aromatic heterocycles. The summed E-state index contributed by atoms with van der Waals surface area (Å²) < 4.78 is 10.7. The smallest absolute Gasteiger partial charge is 0.344 e. The van der Waals surface area contributed by atoms with Gasteiger partial charge in [-0.3, -0.25) is 9.59 Å². The maximum atomic E-state index is 12.7. The van der Waals surface area contributed by atoms with E-state index in [1.54, 1.807) is 48.5 Å². The second-order valence-corrected chi connectivity index (χ2v) is 6.43. The summed E-state index contributed by atoms with van der Waals surface area (Å²) in [5.74, 6) is -1.94. The number of benzene rings is 3. The number of carbonyl (C=O) groups excluding carboxylic acids is 4. The third kappa shape index (κ3) is 4.50. The highest BCUT2D eigenvalue weighted by Crippen LogP contribution is 2.23. The molecule has 3 aromatic carbocycles. The minimum absolute atomic E-state index is 0.0267. The molecule has 30 heavy (non-hydrogen) atoms. The van der Waals surface area contributed by atoms with Crippen LogP contribution < -0.4 is 9.47 Å². The first-order chi connectivity index (χ1) is 14.4. The molecule has 0 N–H and O–H groups in total. The van der Waals surface area contributed by atoms with Crippen LogP contribution in [0.4, 0.5) is 0 Å². The topological polar surface area (TPSA) is 86.7 Å². The number of ether oxygens (including phenoxy) is 2. The van der Waals surface area contributed by atoms with Crippen LogP contribution in [0, 0.1) is 0 Å². The van der Waals surface area contributed by atoms with Gasteiger partial charge in [-0.25, -0.2) is 9.59 Å². The molecule has 6 nitrogen and oxygen atoms in total. The lowest BCUT2D eigenvalue weighted by Gasteiger charge is -2.12. The molecule has 0 spiro atoms. The van der Waals surface area contributed by atoms with Crippen molar-refractivity contribution in [3.8, 4) is 11.5 Å². The van der Waals surface area contributed by atoms with Crippen LogP contribution in [-0.4, -0.2) is 23.5 Å². The molecule has 0 unspecified atom stereocenters. The fourth-order valence-electron chi connectivity index (χ4n) is 2.84. The molecule has 6 heteroatoms. The molecule has 0 fully saturated rings. The lowest BCUT2D eigenvalue weighted by molar-refractivity contribution is 0.0688. The Morgan fingerprint density at radius 2 is 0.800 bits per heavy atom. The van der Waals surface area contributed by atoms with Crippen LogP contribution in [-0.2, 0) is 0 Å². The Bertz CT molecular complexity index is 1060. The van der Waals surface area contributed by atoms with Crippen LogP contribution in [0.1, 0.15) is 55.3 Å². The van der Waals surface area contributed by atoms with E-state index >= 15 is 0 Å². The SMILES string of the molecule is CC(=O)c1ccccc1OC(=O)c1ccccc1C(=O)Oc1ccccc1C(C)=O. The van der Waals surface area contributed by atoms with E-state index in [0.29, 0.717) is 0 Å². The molecular weight excluding hydrogens is 384 g/mol. The summed E-state index contributed by atoms with van der Waals surface area (Å²) in [6, 6.07) is 18.7. The average Bonchev–Trinajstić information content (AvgIpc) is 2.74. The predicted octanol–water partition coefficient (Wildman–Crippen LogP) is 4.53. The maximum absolute atomic E-state index is 12.7. The van der Waals surface area contributed by atoms with Gasteiger partial charge in [-0.2, -0.15) is 0 Å². The van der Waals surface area contributed by atoms with Gasteiger partial charge in [-0.15, -0.1) is 0 Å². The van der Waals surface area contributed by atoms with Crippen molar-refractivity contribution >= 4 is 23.5 Å². The summed E-state index contributed by atoms with van der Waals surface area (Å²) >= 11 is 0. The van der Waals surface area contributed by atoms with Gasteiger partial charge in [0.25, 0.3) is 0 Å². The summed E-state index contributed by atoms with van der Waals surface area (Å²) in [5.41, 5.74) is 0.449. The van der Waals surface area contributed by atoms with Crippen LogP contribution in [0.15, 0.2) is 72.8 Å². The number of Topliss-reactive ketones (excluding diaryl/α,β-unsaturated/α-hetero) is 2. The molecule has 0 radical (unpaired) electrons. The Kier molecular flexibility index (Phi) is 6.17. The second kappa shape index (κ2) is 8.96. The first-order valence-electron chi connectivity index (χ1n) is 9.12. The number of hydrogen-bond acceptors (Lipinski definition) is 6. The van der Waals surface area contributed by atoms with Crippen molar-refractivity contribution in [2.24, 2.45) is 0 Å². The van der Waals surface area contributed by atoms with Crippen LogP contribution >= 0.6 is 0 Å². The number of rotatable bonds is 6. The zero-order valence-corrected chi connectivity index (χ0v) is 16.4. The van der Waals surface area contributed by atoms with Crippen molar-refractivity contribution in [1.29, 1.82) is 0 Å². The van der Waals surface area contributed by atoms with E-state index in [1.807, 2.05) is 0 Å². The standard InChI is InChI=1S/C24H18O6/c1-15(25)17-9-5-7-13-21(17)29-23(27)19-11-3-4-12-20(19)24(28)30-22-14-8-6-10-18(22)16(2)26/h3-14H,1-2H3. The van der Waals surface area contributed by atoms with E-state index in [9.17, 15) is 19.2 Å². The van der Waals surface area contributed by atoms with Gasteiger partial charge in [-0.05, 0) is 50.2 Å². The fourth-order valence-corrected chi connectivity index (χ4v) is 2.84. The molecule has 3 aromatic rings. The molecule has 0 heterocycles. The number of ketones is 2. The summed E-state index contributed by atoms with van der Waals surface area (Å²) in [4.78, 5) is 49.0. The molecule has 0 saturated heterocycles. The number of esters is 2. The highest BCUT2D eigenvalue weighted by Gasteiger charge is 2.22. The van der Waals surface area contributed by atoms with E-state index in [-0.39, 0.29) is 45.3 Å². The molecule has 0 aliphatic heterocycles. The van der Waals surface area contributed by atoms with Gasteiger partial charge in [0.1, 0.15) is 11.5 Å². The normalized spacial score (nSPS) is 10.2.